The van der Waals surface area contributed by atoms with Gasteiger partial charge in [0, 0.05) is 17.8 Å². The van der Waals surface area contributed by atoms with E-state index in [1.165, 1.54) is 12.3 Å². The monoisotopic (exact) mass is 393 g/mol. The molecule has 2 heterocycles. The number of hydrogen-bond acceptors (Lipinski definition) is 5. The Morgan fingerprint density at radius 1 is 1.14 bits per heavy atom. The molecule has 0 radical (unpaired) electrons. The molecule has 10 heteroatoms. The molecule has 28 heavy (non-hydrogen) atoms. The first-order chi connectivity index (χ1) is 13.3. The molecule has 1 saturated carbocycles. The number of nitrogens with zero attached hydrogens (tertiary/aromatic N) is 5. The van der Waals surface area contributed by atoms with Crippen molar-refractivity contribution < 1.29 is 22.7 Å². The number of benzene rings is 1. The van der Waals surface area contributed by atoms with E-state index in [9.17, 15) is 13.9 Å². The molecule has 6 nitrogen and oxygen atoms in total. The second kappa shape index (κ2) is 6.62. The van der Waals surface area contributed by atoms with Crippen LogP contribution in [0.25, 0.3) is 0 Å². The summed E-state index contributed by atoms with van der Waals surface area (Å²) in [6, 6.07) is 4.63. The highest BCUT2D eigenvalue weighted by Crippen LogP contribution is 2.47. The van der Waals surface area contributed by atoms with Crippen molar-refractivity contribution in [1.82, 2.24) is 25.2 Å². The van der Waals surface area contributed by atoms with Crippen LogP contribution in [0.2, 0.25) is 0 Å². The van der Waals surface area contributed by atoms with Gasteiger partial charge in [-0.2, -0.15) is 8.78 Å². The molecule has 1 unspecified atom stereocenters. The van der Waals surface area contributed by atoms with Gasteiger partial charge in [0.15, 0.2) is 5.60 Å². The number of hydrogen-bond donors (Lipinski definition) is 1. The molecule has 146 valence electrons. The van der Waals surface area contributed by atoms with Crippen molar-refractivity contribution in [2.45, 2.75) is 36.8 Å². The summed E-state index contributed by atoms with van der Waals surface area (Å²) >= 11 is 0. The summed E-state index contributed by atoms with van der Waals surface area (Å²) in [5.74, 6) is -5.99. The van der Waals surface area contributed by atoms with Gasteiger partial charge >= 0.3 is 5.92 Å². The van der Waals surface area contributed by atoms with Crippen LogP contribution in [0.5, 0.6) is 0 Å². The average molecular weight is 393 g/mol. The predicted octanol–water partition coefficient (Wildman–Crippen LogP) is 2.90. The van der Waals surface area contributed by atoms with Crippen LogP contribution in [0.4, 0.5) is 17.6 Å². The van der Waals surface area contributed by atoms with Crippen LogP contribution in [0.15, 0.2) is 42.9 Å². The topological polar surface area (TPSA) is 76.7 Å². The smallest absolute Gasteiger partial charge is 0.323 e. The van der Waals surface area contributed by atoms with Crippen LogP contribution < -0.4 is 0 Å². The molecule has 0 saturated heterocycles. The van der Waals surface area contributed by atoms with Gasteiger partial charge in [0.25, 0.3) is 0 Å². The van der Waals surface area contributed by atoms with Crippen LogP contribution in [0.1, 0.15) is 35.6 Å². The molecule has 4 rings (SSSR count). The molecule has 1 atom stereocenters. The number of aliphatic hydroxyl groups is 1. The molecule has 1 aliphatic carbocycles. The molecular weight excluding hydrogens is 378 g/mol. The van der Waals surface area contributed by atoms with Gasteiger partial charge < -0.3 is 5.11 Å². The second-order valence-corrected chi connectivity index (χ2v) is 6.82. The second-order valence-electron chi connectivity index (χ2n) is 6.82. The lowest BCUT2D eigenvalue weighted by Gasteiger charge is -2.35. The first-order valence-electron chi connectivity index (χ1n) is 8.54. The minimum Gasteiger partial charge on any atom is -0.377 e. The lowest BCUT2D eigenvalue weighted by atomic mass is 9.84. The molecule has 0 aliphatic heterocycles. The van der Waals surface area contributed by atoms with Crippen molar-refractivity contribution in [2.75, 3.05) is 0 Å². The molecule has 1 aliphatic rings. The molecule has 1 aromatic carbocycles. The van der Waals surface area contributed by atoms with Gasteiger partial charge in [0.2, 0.25) is 0 Å². The summed E-state index contributed by atoms with van der Waals surface area (Å²) in [4.78, 5) is 3.81. The van der Waals surface area contributed by atoms with Gasteiger partial charge in [0.05, 0.1) is 6.54 Å². The van der Waals surface area contributed by atoms with E-state index in [2.05, 4.69) is 20.5 Å². The SMILES string of the molecule is OC(Cn1cnnn1)(c1ccc(F)cc1F)C(F)(F)c1ccc(C2CC2)cn1. The number of rotatable bonds is 6. The van der Waals surface area contributed by atoms with E-state index in [0.29, 0.717) is 12.0 Å². The zero-order chi connectivity index (χ0) is 19.9. The Morgan fingerprint density at radius 2 is 1.93 bits per heavy atom. The van der Waals surface area contributed by atoms with Gasteiger partial charge in [-0.05, 0) is 52.9 Å². The highest BCUT2D eigenvalue weighted by molar-refractivity contribution is 5.32. The van der Waals surface area contributed by atoms with E-state index >= 15 is 8.78 Å². The Bertz CT molecular complexity index is 976. The number of pyridine rings is 1. The Hall–Kier alpha value is -2.88. The van der Waals surface area contributed by atoms with Crippen LogP contribution in [-0.2, 0) is 18.1 Å². The van der Waals surface area contributed by atoms with Crippen LogP contribution in [0.3, 0.4) is 0 Å². The number of alkyl halides is 2. The van der Waals surface area contributed by atoms with Gasteiger partial charge in [-0.25, -0.2) is 13.5 Å². The normalized spacial score (nSPS) is 16.8. The first-order valence-corrected chi connectivity index (χ1v) is 8.54. The van der Waals surface area contributed by atoms with E-state index < -0.39 is 41.0 Å². The Labute approximate surface area is 156 Å². The maximum atomic E-state index is 15.5. The van der Waals surface area contributed by atoms with E-state index in [0.717, 1.165) is 47.6 Å². The zero-order valence-corrected chi connectivity index (χ0v) is 14.4. The number of tetrazole rings is 1. The van der Waals surface area contributed by atoms with Crippen LogP contribution in [-0.4, -0.2) is 30.3 Å². The van der Waals surface area contributed by atoms with Crippen molar-refractivity contribution in [3.05, 3.63) is 71.3 Å². The van der Waals surface area contributed by atoms with E-state index in [-0.39, 0.29) is 0 Å². The lowest BCUT2D eigenvalue weighted by Crippen LogP contribution is -2.48. The van der Waals surface area contributed by atoms with Crippen LogP contribution >= 0.6 is 0 Å². The van der Waals surface area contributed by atoms with Gasteiger partial charge in [0.1, 0.15) is 23.7 Å². The van der Waals surface area contributed by atoms with E-state index in [1.807, 2.05) is 0 Å². The Balaban J connectivity index is 1.80. The summed E-state index contributed by atoms with van der Waals surface area (Å²) in [6.45, 7) is -0.873. The molecular formula is C18H15F4N5O. The summed E-state index contributed by atoms with van der Waals surface area (Å²) in [5, 5.41) is 21.2. The fraction of sp³-hybridized carbons (Fsp3) is 0.333. The van der Waals surface area contributed by atoms with Crippen molar-refractivity contribution in [2.24, 2.45) is 0 Å². The third-order valence-corrected chi connectivity index (χ3v) is 4.84. The Kier molecular flexibility index (Phi) is 4.37. The first kappa shape index (κ1) is 18.5. The van der Waals surface area contributed by atoms with Gasteiger partial charge in [-0.15, -0.1) is 5.10 Å². The lowest BCUT2D eigenvalue weighted by molar-refractivity contribution is -0.207. The molecule has 0 spiro atoms. The summed E-state index contributed by atoms with van der Waals surface area (Å²) in [5.41, 5.74) is -3.82. The van der Waals surface area contributed by atoms with Crippen molar-refractivity contribution in [3.8, 4) is 0 Å². The fourth-order valence-corrected chi connectivity index (χ4v) is 3.13. The molecule has 3 aromatic rings. The van der Waals surface area contributed by atoms with Crippen molar-refractivity contribution in [3.63, 3.8) is 0 Å². The highest BCUT2D eigenvalue weighted by Gasteiger charge is 2.58. The fourth-order valence-electron chi connectivity index (χ4n) is 3.13. The predicted molar refractivity (Wildman–Crippen MR) is 88.2 cm³/mol. The zero-order valence-electron chi connectivity index (χ0n) is 14.4. The summed E-state index contributed by atoms with van der Waals surface area (Å²) in [6.07, 6.45) is 4.29. The van der Waals surface area contributed by atoms with Crippen LogP contribution in [0, 0.1) is 11.6 Å². The number of halogens is 4. The van der Waals surface area contributed by atoms with E-state index in [1.54, 1.807) is 0 Å². The third kappa shape index (κ3) is 3.13. The maximum absolute atomic E-state index is 15.5. The van der Waals surface area contributed by atoms with Gasteiger partial charge in [-0.3, -0.25) is 4.98 Å². The van der Waals surface area contributed by atoms with Crippen molar-refractivity contribution in [1.29, 1.82) is 0 Å². The number of aromatic nitrogens is 5. The van der Waals surface area contributed by atoms with Gasteiger partial charge in [-0.1, -0.05) is 6.07 Å². The maximum Gasteiger partial charge on any atom is 0.323 e. The summed E-state index contributed by atoms with van der Waals surface area (Å²) in [7, 11) is 0. The molecule has 1 fully saturated rings. The molecule has 2 aromatic heterocycles. The summed E-state index contributed by atoms with van der Waals surface area (Å²) < 4.78 is 59.4. The van der Waals surface area contributed by atoms with E-state index in [4.69, 9.17) is 0 Å². The standard InChI is InChI=1S/C18H15F4N5O/c19-13-4-5-14(15(20)7-13)17(28,9-27-10-24-25-26-27)18(21,22)16-6-3-12(8-23-16)11-1-2-11/h3-8,10-11,28H,1-2,9H2. The average Bonchev–Trinajstić information content (AvgIpc) is 3.39. The third-order valence-electron chi connectivity index (χ3n) is 4.84. The van der Waals surface area contributed by atoms with Crippen molar-refractivity contribution >= 4 is 0 Å². The highest BCUT2D eigenvalue weighted by atomic mass is 19.3. The molecule has 0 bridgehead atoms. The minimum atomic E-state index is -4.03. The largest absolute Gasteiger partial charge is 0.377 e. The molecule has 1 N–H and O–H groups in total. The molecule has 0 amide bonds. The quantitative estimate of drug-likeness (QED) is 0.652. The Morgan fingerprint density at radius 3 is 2.50 bits per heavy atom. The minimum absolute atomic E-state index is 0.310.